The highest BCUT2D eigenvalue weighted by Crippen LogP contribution is 2.33. The third-order valence-electron chi connectivity index (χ3n) is 6.87. The van der Waals surface area contributed by atoms with Crippen molar-refractivity contribution < 1.29 is 18.8 Å². The van der Waals surface area contributed by atoms with Crippen LogP contribution < -0.4 is 15.8 Å². The summed E-state index contributed by atoms with van der Waals surface area (Å²) in [6.07, 6.45) is 13.6. The standard InChI is InChI=1S/C15H22FN3S.C10H13N3O3.C7H9N.C5H12/c1-11(10-12-2-3-12)19-20-15(17)8-9-18-14-6-4-13(16)5-7-14;1-12(7-15)5-10(16)13-4-8(6-14)2-9(13)3-11;1-8-7-5-3-2-4-6-7;1-5(2,3)4/h4,6-9,11-13,19H,2-3,5,10,17H2,1H3;6-9H,2,4-5H2,1H3;2-6,8H,1H3;1-4H3/b15-8+,18-9?;;;. The first-order chi connectivity index (χ1) is 23.2. The van der Waals surface area contributed by atoms with Crippen LogP contribution in [0.5, 0.6) is 0 Å². The fourth-order valence-electron chi connectivity index (χ4n) is 4.29. The van der Waals surface area contributed by atoms with E-state index < -0.39 is 12.2 Å². The molecule has 4 atom stereocenters. The number of nitriles is 1. The van der Waals surface area contributed by atoms with E-state index in [2.05, 4.69) is 49.6 Å². The molecule has 4 unspecified atom stereocenters. The zero-order valence-corrected chi connectivity index (χ0v) is 31.0. The van der Waals surface area contributed by atoms with Crippen LogP contribution in [0.15, 0.2) is 70.4 Å². The van der Waals surface area contributed by atoms with E-state index in [0.29, 0.717) is 35.7 Å². The predicted octanol–water partition coefficient (Wildman–Crippen LogP) is 6.26. The first-order valence-corrected chi connectivity index (χ1v) is 17.5. The summed E-state index contributed by atoms with van der Waals surface area (Å²) >= 11 is 1.44. The number of likely N-dealkylation sites (N-methyl/N-ethyl adjacent to an activating group) is 1. The van der Waals surface area contributed by atoms with Gasteiger partial charge < -0.3 is 25.6 Å². The normalized spacial score (nSPS) is 20.6. The SMILES string of the molecule is CC(C)(C)C.CC(CC1CC1)NS/C(N)=C/C=NC1=CCC(F)C=C1.CN(C=O)CC(=O)N1CC(C=O)CC1C#N.CNc1ccccc1. The lowest BCUT2D eigenvalue weighted by Gasteiger charge is -2.21. The van der Waals surface area contributed by atoms with Crippen molar-refractivity contribution in [3.63, 3.8) is 0 Å². The Morgan fingerprint density at radius 3 is 2.39 bits per heavy atom. The first-order valence-electron chi connectivity index (χ1n) is 16.7. The van der Waals surface area contributed by atoms with Gasteiger partial charge in [-0.15, -0.1) is 0 Å². The Balaban J connectivity index is 0.000000366. The lowest BCUT2D eigenvalue weighted by Crippen LogP contribution is -2.41. The number of aliphatic imine (C=N–C) groups is 1. The highest BCUT2D eigenvalue weighted by Gasteiger charge is 2.35. The number of rotatable bonds is 12. The minimum absolute atomic E-state index is 0.0622. The molecule has 4 N–H and O–H groups in total. The number of allylic oxidation sites excluding steroid dienone is 4. The van der Waals surface area contributed by atoms with Gasteiger partial charge in [-0.05, 0) is 73.4 Å². The smallest absolute Gasteiger partial charge is 0.243 e. The summed E-state index contributed by atoms with van der Waals surface area (Å²) in [6.45, 7) is 11.1. The van der Waals surface area contributed by atoms with Gasteiger partial charge in [-0.1, -0.05) is 64.8 Å². The molecule has 1 saturated carbocycles. The van der Waals surface area contributed by atoms with Gasteiger partial charge in [0.1, 0.15) is 18.5 Å². The number of carbonyl (C=O) groups is 3. The molecule has 2 aliphatic carbocycles. The van der Waals surface area contributed by atoms with Crippen LogP contribution in [0.25, 0.3) is 0 Å². The van der Waals surface area contributed by atoms with Crippen molar-refractivity contribution in [2.75, 3.05) is 32.5 Å². The number of nitrogens with two attached hydrogens (primary N) is 1. The molecule has 1 aliphatic heterocycles. The molecule has 49 heavy (non-hydrogen) atoms. The Morgan fingerprint density at radius 1 is 1.24 bits per heavy atom. The number of nitrogens with one attached hydrogen (secondary N) is 2. The molecule has 2 fully saturated rings. The fourth-order valence-corrected chi connectivity index (χ4v) is 4.85. The number of amides is 2. The molecule has 270 valence electrons. The van der Waals surface area contributed by atoms with E-state index in [1.54, 1.807) is 24.4 Å². The molecule has 4 rings (SSSR count). The summed E-state index contributed by atoms with van der Waals surface area (Å²) in [5, 5.41) is 12.6. The van der Waals surface area contributed by atoms with Gasteiger partial charge in [-0.3, -0.25) is 19.3 Å². The number of benzene rings is 1. The maximum Gasteiger partial charge on any atom is 0.243 e. The van der Waals surface area contributed by atoms with E-state index in [1.165, 1.54) is 54.1 Å². The molecule has 10 nitrogen and oxygen atoms in total. The maximum absolute atomic E-state index is 12.9. The quantitative estimate of drug-likeness (QED) is 0.132. The number of anilines is 1. The molecule has 1 heterocycles. The van der Waals surface area contributed by atoms with Crippen molar-refractivity contribution in [3.05, 3.63) is 65.4 Å². The van der Waals surface area contributed by atoms with Crippen molar-refractivity contribution in [2.24, 2.45) is 28.0 Å². The summed E-state index contributed by atoms with van der Waals surface area (Å²) in [4.78, 5) is 39.5. The lowest BCUT2D eigenvalue weighted by molar-refractivity contribution is -0.135. The van der Waals surface area contributed by atoms with Gasteiger partial charge in [-0.25, -0.2) is 4.39 Å². The molecule has 12 heteroatoms. The number of nitrogens with zero attached hydrogens (tertiary/aromatic N) is 4. The minimum Gasteiger partial charge on any atom is -0.392 e. The van der Waals surface area contributed by atoms with E-state index in [9.17, 15) is 18.8 Å². The maximum atomic E-state index is 12.9. The molecule has 0 radical (unpaired) electrons. The molecule has 0 bridgehead atoms. The van der Waals surface area contributed by atoms with Crippen molar-refractivity contribution in [2.45, 2.75) is 85.0 Å². The van der Waals surface area contributed by atoms with Crippen molar-refractivity contribution >= 4 is 42.5 Å². The Hall–Kier alpha value is -3.95. The van der Waals surface area contributed by atoms with Crippen molar-refractivity contribution in [3.8, 4) is 6.07 Å². The number of aldehydes is 1. The van der Waals surface area contributed by atoms with Crippen molar-refractivity contribution in [1.82, 2.24) is 14.5 Å². The van der Waals surface area contributed by atoms with Gasteiger partial charge in [0, 0.05) is 50.9 Å². The van der Waals surface area contributed by atoms with Gasteiger partial charge in [-0.2, -0.15) is 5.26 Å². The highest BCUT2D eigenvalue weighted by molar-refractivity contribution is 8.01. The average molecular weight is 698 g/mol. The number of hydrogen-bond donors (Lipinski definition) is 3. The molecule has 0 spiro atoms. The lowest BCUT2D eigenvalue weighted by atomic mass is 10.0. The second-order valence-corrected chi connectivity index (χ2v) is 14.8. The van der Waals surface area contributed by atoms with Gasteiger partial charge >= 0.3 is 0 Å². The number of alkyl halides is 1. The van der Waals surface area contributed by atoms with E-state index in [-0.39, 0.29) is 24.9 Å². The Morgan fingerprint density at radius 2 is 1.90 bits per heavy atom. The monoisotopic (exact) mass is 697 g/mol. The van der Waals surface area contributed by atoms with Gasteiger partial charge in [0.15, 0.2) is 0 Å². The summed E-state index contributed by atoms with van der Waals surface area (Å²) in [5.41, 5.74) is 8.32. The third-order valence-corrected chi connectivity index (χ3v) is 7.77. The summed E-state index contributed by atoms with van der Waals surface area (Å²) in [5.74, 6) is 0.342. The van der Waals surface area contributed by atoms with Gasteiger partial charge in [0.2, 0.25) is 12.3 Å². The van der Waals surface area contributed by atoms with E-state index >= 15 is 0 Å². The van der Waals surface area contributed by atoms with Crippen LogP contribution in [-0.4, -0.2) is 80.1 Å². The minimum atomic E-state index is -0.873. The number of para-hydroxylation sites is 1. The predicted molar refractivity (Wildman–Crippen MR) is 200 cm³/mol. The summed E-state index contributed by atoms with van der Waals surface area (Å²) in [6, 6.07) is 12.0. The molecular formula is C37H56FN7O3S. The fraction of sp³-hybridized carbons (Fsp3) is 0.541. The van der Waals surface area contributed by atoms with Crippen LogP contribution in [-0.2, 0) is 14.4 Å². The van der Waals surface area contributed by atoms with Crippen LogP contribution >= 0.6 is 11.9 Å². The van der Waals surface area contributed by atoms with Crippen LogP contribution in [0.4, 0.5) is 10.1 Å². The Labute approximate surface area is 297 Å². The van der Waals surface area contributed by atoms with Gasteiger partial charge in [0.05, 0.1) is 23.3 Å². The molecule has 1 aromatic rings. The number of halogens is 1. The molecule has 2 amide bonds. The molecule has 3 aliphatic rings. The second kappa shape index (κ2) is 23.4. The van der Waals surface area contributed by atoms with E-state index in [0.717, 1.165) is 23.6 Å². The Bertz CT molecular complexity index is 1300. The van der Waals surface area contributed by atoms with Crippen LogP contribution in [0.3, 0.4) is 0 Å². The molecule has 1 saturated heterocycles. The first kappa shape index (κ1) is 43.1. The highest BCUT2D eigenvalue weighted by atomic mass is 32.2. The van der Waals surface area contributed by atoms with Crippen LogP contribution in [0.2, 0.25) is 0 Å². The summed E-state index contributed by atoms with van der Waals surface area (Å²) in [7, 11) is 3.40. The molecule has 0 aromatic heterocycles. The summed E-state index contributed by atoms with van der Waals surface area (Å²) < 4.78 is 16.2. The third kappa shape index (κ3) is 21.6. The zero-order chi connectivity index (χ0) is 36.8. The number of likely N-dealkylation sites (tertiary alicyclic amines) is 1. The van der Waals surface area contributed by atoms with Crippen LogP contribution in [0, 0.1) is 28.6 Å². The van der Waals surface area contributed by atoms with E-state index in [1.807, 2.05) is 43.4 Å². The van der Waals surface area contributed by atoms with Crippen LogP contribution in [0.1, 0.15) is 66.7 Å². The largest absolute Gasteiger partial charge is 0.392 e. The second-order valence-electron chi connectivity index (χ2n) is 13.8. The van der Waals surface area contributed by atoms with Crippen molar-refractivity contribution in [1.29, 1.82) is 5.26 Å². The Kier molecular flexibility index (Phi) is 20.6. The number of hydrogen-bond acceptors (Lipinski definition) is 9. The van der Waals surface area contributed by atoms with E-state index in [4.69, 9.17) is 11.0 Å². The van der Waals surface area contributed by atoms with Gasteiger partial charge in [0.25, 0.3) is 0 Å². The zero-order valence-electron chi connectivity index (χ0n) is 30.1. The number of carbonyl (C=O) groups excluding carboxylic acids is 3. The topological polar surface area (TPSA) is 144 Å². The molecular weight excluding hydrogens is 642 g/mol. The molecule has 1 aromatic carbocycles. The average Bonchev–Trinajstić information content (AvgIpc) is 3.78.